The minimum absolute atomic E-state index is 0.0224. The van der Waals surface area contributed by atoms with Gasteiger partial charge in [-0.15, -0.1) is 11.3 Å². The SMILES string of the molecule is Cc1ccnc(Nc2cccc(-c3cnc([C@H](C)NC(=O)C(C)C)s3)n2)c1. The minimum Gasteiger partial charge on any atom is -0.347 e. The van der Waals surface area contributed by atoms with Crippen LogP contribution < -0.4 is 10.6 Å². The van der Waals surface area contributed by atoms with Gasteiger partial charge in [0.25, 0.3) is 0 Å². The van der Waals surface area contributed by atoms with Crippen LogP contribution in [0.2, 0.25) is 0 Å². The summed E-state index contributed by atoms with van der Waals surface area (Å²) in [5, 5.41) is 7.07. The molecule has 1 atom stereocenters. The van der Waals surface area contributed by atoms with Gasteiger partial charge in [0.2, 0.25) is 5.91 Å². The molecule has 0 radical (unpaired) electrons. The van der Waals surface area contributed by atoms with Gasteiger partial charge in [0, 0.05) is 18.3 Å². The Morgan fingerprint density at radius 2 is 1.93 bits per heavy atom. The molecule has 0 aliphatic heterocycles. The molecule has 27 heavy (non-hydrogen) atoms. The minimum atomic E-state index is -0.128. The Bertz CT molecular complexity index is 937. The largest absolute Gasteiger partial charge is 0.347 e. The first-order valence-corrected chi connectivity index (χ1v) is 9.67. The van der Waals surface area contributed by atoms with Crippen LogP contribution in [-0.4, -0.2) is 20.9 Å². The molecule has 6 nitrogen and oxygen atoms in total. The number of carbonyl (C=O) groups is 1. The van der Waals surface area contributed by atoms with Crippen molar-refractivity contribution in [3.05, 3.63) is 53.3 Å². The topological polar surface area (TPSA) is 79.8 Å². The molecule has 0 aromatic carbocycles. The van der Waals surface area contributed by atoms with Crippen LogP contribution in [0.25, 0.3) is 10.6 Å². The van der Waals surface area contributed by atoms with Gasteiger partial charge in [-0.25, -0.2) is 15.0 Å². The van der Waals surface area contributed by atoms with Crippen LogP contribution in [0.3, 0.4) is 0 Å². The third-order valence-electron chi connectivity index (χ3n) is 3.95. The zero-order chi connectivity index (χ0) is 19.4. The summed E-state index contributed by atoms with van der Waals surface area (Å²) in [6.45, 7) is 7.72. The Morgan fingerprint density at radius 1 is 1.11 bits per heavy atom. The Hall–Kier alpha value is -2.80. The highest BCUT2D eigenvalue weighted by atomic mass is 32.1. The van der Waals surface area contributed by atoms with Crippen molar-refractivity contribution < 1.29 is 4.79 Å². The Balaban J connectivity index is 1.75. The van der Waals surface area contributed by atoms with Crippen LogP contribution in [0.4, 0.5) is 11.6 Å². The summed E-state index contributed by atoms with van der Waals surface area (Å²) in [7, 11) is 0. The van der Waals surface area contributed by atoms with E-state index in [1.54, 1.807) is 12.4 Å². The van der Waals surface area contributed by atoms with Gasteiger partial charge in [-0.2, -0.15) is 0 Å². The molecule has 0 bridgehead atoms. The van der Waals surface area contributed by atoms with Crippen molar-refractivity contribution in [2.24, 2.45) is 5.92 Å². The van der Waals surface area contributed by atoms with E-state index in [-0.39, 0.29) is 17.9 Å². The second-order valence-corrected chi connectivity index (χ2v) is 7.76. The predicted molar refractivity (Wildman–Crippen MR) is 109 cm³/mol. The molecule has 0 aliphatic carbocycles. The maximum Gasteiger partial charge on any atom is 0.223 e. The van der Waals surface area contributed by atoms with Crippen LogP contribution in [0.15, 0.2) is 42.7 Å². The number of aryl methyl sites for hydroxylation is 1. The molecule has 0 saturated heterocycles. The first-order valence-electron chi connectivity index (χ1n) is 8.85. The number of pyridine rings is 2. The lowest BCUT2D eigenvalue weighted by Gasteiger charge is -2.12. The summed E-state index contributed by atoms with van der Waals surface area (Å²) < 4.78 is 0. The second kappa shape index (κ2) is 8.26. The molecule has 0 saturated carbocycles. The fraction of sp³-hybridized carbons (Fsp3) is 0.300. The predicted octanol–water partition coefficient (Wildman–Crippen LogP) is 4.49. The van der Waals surface area contributed by atoms with Crippen molar-refractivity contribution >= 4 is 28.9 Å². The van der Waals surface area contributed by atoms with Crippen molar-refractivity contribution in [3.8, 4) is 10.6 Å². The first kappa shape index (κ1) is 19.0. The smallest absolute Gasteiger partial charge is 0.223 e. The number of thiazole rings is 1. The summed E-state index contributed by atoms with van der Waals surface area (Å²) in [6.07, 6.45) is 3.57. The van der Waals surface area contributed by atoms with Crippen molar-refractivity contribution in [1.29, 1.82) is 0 Å². The lowest BCUT2D eigenvalue weighted by molar-refractivity contribution is -0.124. The Kier molecular flexibility index (Phi) is 5.81. The van der Waals surface area contributed by atoms with Gasteiger partial charge in [0.05, 0.1) is 16.6 Å². The number of hydrogen-bond donors (Lipinski definition) is 2. The maximum absolute atomic E-state index is 11.9. The maximum atomic E-state index is 11.9. The third-order valence-corrected chi connectivity index (χ3v) is 5.15. The number of amides is 1. The molecule has 7 heteroatoms. The van der Waals surface area contributed by atoms with E-state index in [2.05, 4.69) is 25.6 Å². The Morgan fingerprint density at radius 3 is 2.67 bits per heavy atom. The van der Waals surface area contributed by atoms with Crippen LogP contribution in [0.5, 0.6) is 0 Å². The molecular weight excluding hydrogens is 358 g/mol. The lowest BCUT2D eigenvalue weighted by atomic mass is 10.2. The van der Waals surface area contributed by atoms with E-state index in [4.69, 9.17) is 0 Å². The van der Waals surface area contributed by atoms with Gasteiger partial charge < -0.3 is 10.6 Å². The number of anilines is 2. The standard InChI is InChI=1S/C20H23N5OS/c1-12(2)19(26)23-14(4)20-22-11-16(27-20)15-6-5-7-17(24-15)25-18-10-13(3)8-9-21-18/h5-12,14H,1-4H3,(H,23,26)(H,21,24,25)/t14-/m0/s1. The molecule has 2 N–H and O–H groups in total. The third kappa shape index (κ3) is 4.89. The molecular formula is C20H23N5OS. The summed E-state index contributed by atoms with van der Waals surface area (Å²) >= 11 is 1.53. The number of nitrogens with zero attached hydrogens (tertiary/aromatic N) is 3. The number of rotatable bonds is 6. The van der Waals surface area contributed by atoms with Crippen molar-refractivity contribution in [1.82, 2.24) is 20.3 Å². The summed E-state index contributed by atoms with van der Waals surface area (Å²) in [5.41, 5.74) is 1.96. The van der Waals surface area contributed by atoms with Gasteiger partial charge in [0.1, 0.15) is 16.6 Å². The van der Waals surface area contributed by atoms with Crippen molar-refractivity contribution in [2.75, 3.05) is 5.32 Å². The molecule has 3 aromatic rings. The van der Waals surface area contributed by atoms with Gasteiger partial charge in [-0.05, 0) is 43.7 Å². The fourth-order valence-corrected chi connectivity index (χ4v) is 3.32. The molecule has 0 fully saturated rings. The normalized spacial score (nSPS) is 12.0. The van der Waals surface area contributed by atoms with Gasteiger partial charge in [-0.3, -0.25) is 4.79 Å². The Labute approximate surface area is 163 Å². The van der Waals surface area contributed by atoms with E-state index in [1.165, 1.54) is 11.3 Å². The molecule has 3 rings (SSSR count). The average molecular weight is 382 g/mol. The first-order chi connectivity index (χ1) is 12.9. The lowest BCUT2D eigenvalue weighted by Crippen LogP contribution is -2.30. The quantitative estimate of drug-likeness (QED) is 0.658. The van der Waals surface area contributed by atoms with Crippen LogP contribution in [-0.2, 0) is 4.79 Å². The van der Waals surface area contributed by atoms with E-state index in [9.17, 15) is 4.79 Å². The average Bonchev–Trinajstić information content (AvgIpc) is 3.12. The molecule has 140 valence electrons. The summed E-state index contributed by atoms with van der Waals surface area (Å²) in [6, 6.07) is 9.59. The molecule has 3 aromatic heterocycles. The fourth-order valence-electron chi connectivity index (χ4n) is 2.43. The highest BCUT2D eigenvalue weighted by Crippen LogP contribution is 2.29. The zero-order valence-electron chi connectivity index (χ0n) is 15.9. The van der Waals surface area contributed by atoms with E-state index in [0.29, 0.717) is 0 Å². The highest BCUT2D eigenvalue weighted by molar-refractivity contribution is 7.15. The molecule has 3 heterocycles. The number of nitrogens with one attached hydrogen (secondary N) is 2. The van der Waals surface area contributed by atoms with E-state index >= 15 is 0 Å². The van der Waals surface area contributed by atoms with Crippen molar-refractivity contribution in [2.45, 2.75) is 33.7 Å². The summed E-state index contributed by atoms with van der Waals surface area (Å²) in [5.74, 6) is 1.46. The van der Waals surface area contributed by atoms with Crippen molar-refractivity contribution in [3.63, 3.8) is 0 Å². The van der Waals surface area contributed by atoms with Crippen LogP contribution in [0, 0.1) is 12.8 Å². The monoisotopic (exact) mass is 381 g/mol. The van der Waals surface area contributed by atoms with Gasteiger partial charge in [-0.1, -0.05) is 19.9 Å². The highest BCUT2D eigenvalue weighted by Gasteiger charge is 2.16. The number of aromatic nitrogens is 3. The molecule has 0 aliphatic rings. The second-order valence-electron chi connectivity index (χ2n) is 6.70. The molecule has 0 spiro atoms. The van der Waals surface area contributed by atoms with E-state index in [0.717, 1.165) is 32.8 Å². The number of carbonyl (C=O) groups excluding carboxylic acids is 1. The summed E-state index contributed by atoms with van der Waals surface area (Å²) in [4.78, 5) is 26.3. The van der Waals surface area contributed by atoms with E-state index in [1.807, 2.05) is 58.0 Å². The number of hydrogen-bond acceptors (Lipinski definition) is 6. The van der Waals surface area contributed by atoms with Crippen LogP contribution in [0.1, 0.15) is 37.4 Å². The van der Waals surface area contributed by atoms with E-state index < -0.39 is 0 Å². The molecule has 0 unspecified atom stereocenters. The zero-order valence-corrected chi connectivity index (χ0v) is 16.7. The van der Waals surface area contributed by atoms with Gasteiger partial charge in [0.15, 0.2) is 0 Å². The van der Waals surface area contributed by atoms with Gasteiger partial charge >= 0.3 is 0 Å². The van der Waals surface area contributed by atoms with Crippen LogP contribution >= 0.6 is 11.3 Å². The molecule has 1 amide bonds.